The summed E-state index contributed by atoms with van der Waals surface area (Å²) in [4.78, 5) is 12.7. The van der Waals surface area contributed by atoms with Gasteiger partial charge in [-0.15, -0.1) is 0 Å². The smallest absolute Gasteiger partial charge is 0.407 e. The Morgan fingerprint density at radius 1 is 1.22 bits per heavy atom. The van der Waals surface area contributed by atoms with Gasteiger partial charge in [0.15, 0.2) is 0 Å². The molecule has 0 aromatic rings. The zero-order valence-corrected chi connectivity index (χ0v) is 10.8. The highest BCUT2D eigenvalue weighted by Gasteiger charge is 2.34. The minimum Gasteiger partial charge on any atom is -0.465 e. The van der Waals surface area contributed by atoms with Gasteiger partial charge < -0.3 is 10.0 Å². The number of piperidine rings is 1. The van der Waals surface area contributed by atoms with Crippen LogP contribution in [0.5, 0.6) is 0 Å². The van der Waals surface area contributed by atoms with E-state index >= 15 is 0 Å². The number of likely N-dealkylation sites (tertiary alicyclic amines) is 1. The molecule has 1 saturated carbocycles. The molecule has 1 amide bonds. The van der Waals surface area contributed by atoms with Crippen molar-refractivity contribution in [2.45, 2.75) is 44.9 Å². The van der Waals surface area contributed by atoms with Crippen molar-refractivity contribution >= 4 is 6.09 Å². The number of hydrogen-bond acceptors (Lipinski definition) is 2. The molecule has 0 aromatic heterocycles. The number of hydrogen-bond donors (Lipinski definition) is 1. The molecule has 1 N–H and O–H groups in total. The molecule has 0 bridgehead atoms. The minimum atomic E-state index is -0.821. The molecule has 2 fully saturated rings. The molecular formula is C14H22N2O2. The van der Waals surface area contributed by atoms with Crippen LogP contribution in [0.25, 0.3) is 0 Å². The zero-order valence-electron chi connectivity index (χ0n) is 10.8. The topological polar surface area (TPSA) is 64.3 Å². The highest BCUT2D eigenvalue weighted by atomic mass is 16.4. The molecule has 0 radical (unpaired) electrons. The fourth-order valence-corrected chi connectivity index (χ4v) is 3.63. The van der Waals surface area contributed by atoms with Crippen molar-refractivity contribution < 1.29 is 9.90 Å². The summed E-state index contributed by atoms with van der Waals surface area (Å²) in [5.41, 5.74) is 0. The molecule has 1 saturated heterocycles. The fraction of sp³-hybridized carbons (Fsp3) is 0.857. The third-order valence-corrected chi connectivity index (χ3v) is 4.54. The van der Waals surface area contributed by atoms with E-state index in [9.17, 15) is 9.90 Å². The first kappa shape index (κ1) is 13.2. The maximum atomic E-state index is 11.2. The van der Waals surface area contributed by atoms with Gasteiger partial charge >= 0.3 is 6.09 Å². The minimum absolute atomic E-state index is 0.242. The van der Waals surface area contributed by atoms with Gasteiger partial charge in [-0.25, -0.2) is 4.79 Å². The van der Waals surface area contributed by atoms with E-state index in [0.717, 1.165) is 6.42 Å². The maximum absolute atomic E-state index is 11.2. The second-order valence-electron chi connectivity index (χ2n) is 5.81. The standard InChI is InChI=1S/C14H22N2O2/c15-7-6-11-8-13(10-16(9-11)14(17)18)12-4-2-1-3-5-12/h11-13H,1-6,8-10H2,(H,17,18). The Bertz CT molecular complexity index is 331. The first-order chi connectivity index (χ1) is 8.70. The molecule has 1 heterocycles. The Morgan fingerprint density at radius 3 is 2.56 bits per heavy atom. The van der Waals surface area contributed by atoms with Crippen LogP contribution in [-0.2, 0) is 0 Å². The highest BCUT2D eigenvalue weighted by molar-refractivity contribution is 5.65. The number of rotatable bonds is 2. The van der Waals surface area contributed by atoms with Gasteiger partial charge in [0.05, 0.1) is 6.07 Å². The van der Waals surface area contributed by atoms with Crippen LogP contribution in [0, 0.1) is 29.1 Å². The molecule has 0 aromatic carbocycles. The van der Waals surface area contributed by atoms with Gasteiger partial charge in [0.25, 0.3) is 0 Å². The lowest BCUT2D eigenvalue weighted by Gasteiger charge is -2.40. The third-order valence-electron chi connectivity index (χ3n) is 4.54. The quantitative estimate of drug-likeness (QED) is 0.819. The van der Waals surface area contributed by atoms with E-state index in [1.165, 1.54) is 37.0 Å². The van der Waals surface area contributed by atoms with Crippen molar-refractivity contribution in [2.24, 2.45) is 17.8 Å². The van der Waals surface area contributed by atoms with Crippen molar-refractivity contribution in [1.29, 1.82) is 5.26 Å². The van der Waals surface area contributed by atoms with Crippen LogP contribution < -0.4 is 0 Å². The molecule has 2 atom stereocenters. The van der Waals surface area contributed by atoms with Gasteiger partial charge in [-0.3, -0.25) is 0 Å². The maximum Gasteiger partial charge on any atom is 0.407 e. The Balaban J connectivity index is 1.99. The Morgan fingerprint density at radius 2 is 1.94 bits per heavy atom. The summed E-state index contributed by atoms with van der Waals surface area (Å²) in [7, 11) is 0. The first-order valence-corrected chi connectivity index (χ1v) is 7.05. The van der Waals surface area contributed by atoms with Crippen LogP contribution in [0.4, 0.5) is 4.79 Å². The number of nitriles is 1. The zero-order chi connectivity index (χ0) is 13.0. The van der Waals surface area contributed by atoms with E-state index in [-0.39, 0.29) is 5.92 Å². The summed E-state index contributed by atoms with van der Waals surface area (Å²) in [5.74, 6) is 1.40. The molecule has 18 heavy (non-hydrogen) atoms. The van der Waals surface area contributed by atoms with E-state index in [1.807, 2.05) is 0 Å². The molecule has 4 heteroatoms. The largest absolute Gasteiger partial charge is 0.465 e. The molecule has 2 unspecified atom stereocenters. The third kappa shape index (κ3) is 3.16. The molecule has 2 aliphatic rings. The Kier molecular flexibility index (Phi) is 4.46. The van der Waals surface area contributed by atoms with Gasteiger partial charge in [0.1, 0.15) is 0 Å². The summed E-state index contributed by atoms with van der Waals surface area (Å²) in [6.45, 7) is 1.23. The molecule has 100 valence electrons. The Labute approximate surface area is 109 Å². The fourth-order valence-electron chi connectivity index (χ4n) is 3.63. The monoisotopic (exact) mass is 250 g/mol. The van der Waals surface area contributed by atoms with Gasteiger partial charge in [-0.05, 0) is 24.2 Å². The van der Waals surface area contributed by atoms with E-state index in [4.69, 9.17) is 5.26 Å². The van der Waals surface area contributed by atoms with Crippen LogP contribution >= 0.6 is 0 Å². The van der Waals surface area contributed by atoms with Crippen molar-refractivity contribution in [3.8, 4) is 6.07 Å². The van der Waals surface area contributed by atoms with E-state index in [1.54, 1.807) is 0 Å². The van der Waals surface area contributed by atoms with Crippen LogP contribution in [0.15, 0.2) is 0 Å². The average molecular weight is 250 g/mol. The first-order valence-electron chi connectivity index (χ1n) is 7.05. The van der Waals surface area contributed by atoms with Gasteiger partial charge in [0.2, 0.25) is 0 Å². The predicted octanol–water partition coefficient (Wildman–Crippen LogP) is 3.10. The molecule has 1 aliphatic carbocycles. The summed E-state index contributed by atoms with van der Waals surface area (Å²) in [6, 6.07) is 2.20. The SMILES string of the molecule is N#CCC1CC(C2CCCCC2)CN(C(=O)O)C1. The van der Waals surface area contributed by atoms with E-state index in [2.05, 4.69) is 6.07 Å². The highest BCUT2D eigenvalue weighted by Crippen LogP contribution is 2.37. The summed E-state index contributed by atoms with van der Waals surface area (Å²) >= 11 is 0. The number of carbonyl (C=O) groups is 1. The molecule has 2 rings (SSSR count). The lowest BCUT2D eigenvalue weighted by molar-refractivity contribution is 0.0711. The van der Waals surface area contributed by atoms with Crippen molar-refractivity contribution in [1.82, 2.24) is 4.90 Å². The second kappa shape index (κ2) is 6.08. The van der Waals surface area contributed by atoms with Crippen LogP contribution in [0.1, 0.15) is 44.9 Å². The number of nitrogens with zero attached hydrogens (tertiary/aromatic N) is 2. The molecule has 0 spiro atoms. The lowest BCUT2D eigenvalue weighted by atomic mass is 9.74. The number of amides is 1. The summed E-state index contributed by atoms with van der Waals surface area (Å²) < 4.78 is 0. The lowest BCUT2D eigenvalue weighted by Crippen LogP contribution is -2.45. The second-order valence-corrected chi connectivity index (χ2v) is 5.81. The van der Waals surface area contributed by atoms with Gasteiger partial charge in [-0.2, -0.15) is 5.26 Å². The normalized spacial score (nSPS) is 29.8. The van der Waals surface area contributed by atoms with Crippen molar-refractivity contribution in [3.63, 3.8) is 0 Å². The van der Waals surface area contributed by atoms with Crippen LogP contribution in [0.2, 0.25) is 0 Å². The molecule has 4 nitrogen and oxygen atoms in total. The molecular weight excluding hydrogens is 228 g/mol. The number of carboxylic acid groups (broad SMARTS) is 1. The molecule has 1 aliphatic heterocycles. The van der Waals surface area contributed by atoms with Crippen LogP contribution in [0.3, 0.4) is 0 Å². The summed E-state index contributed by atoms with van der Waals surface area (Å²) in [6.07, 6.45) is 7.12. The van der Waals surface area contributed by atoms with Crippen LogP contribution in [-0.4, -0.2) is 29.2 Å². The van der Waals surface area contributed by atoms with Crippen molar-refractivity contribution in [3.05, 3.63) is 0 Å². The van der Waals surface area contributed by atoms with E-state index in [0.29, 0.717) is 31.3 Å². The summed E-state index contributed by atoms with van der Waals surface area (Å²) in [5, 5.41) is 18.0. The van der Waals surface area contributed by atoms with Crippen molar-refractivity contribution in [2.75, 3.05) is 13.1 Å². The van der Waals surface area contributed by atoms with Gasteiger partial charge in [0, 0.05) is 19.5 Å². The predicted molar refractivity (Wildman–Crippen MR) is 68.0 cm³/mol. The Hall–Kier alpha value is -1.24. The average Bonchev–Trinajstić information content (AvgIpc) is 2.40. The van der Waals surface area contributed by atoms with Gasteiger partial charge in [-0.1, -0.05) is 32.1 Å². The van der Waals surface area contributed by atoms with E-state index < -0.39 is 6.09 Å².